The van der Waals surface area contributed by atoms with Gasteiger partial charge in [0.1, 0.15) is 19.8 Å². The van der Waals surface area contributed by atoms with Crippen LogP contribution >= 0.6 is 0 Å². The number of ether oxygens (including phenoxy) is 5. The highest BCUT2D eigenvalue weighted by molar-refractivity contribution is 5.70. The topological polar surface area (TPSA) is 101 Å². The van der Waals surface area contributed by atoms with Crippen molar-refractivity contribution in [1.82, 2.24) is 4.90 Å². The van der Waals surface area contributed by atoms with Crippen LogP contribution < -0.4 is 0 Å². The Morgan fingerprint density at radius 3 is 1.62 bits per heavy atom. The van der Waals surface area contributed by atoms with E-state index in [0.717, 1.165) is 109 Å². The average molecular weight is 886 g/mol. The molecule has 1 fully saturated rings. The maximum absolute atomic E-state index is 13.1. The van der Waals surface area contributed by atoms with E-state index in [4.69, 9.17) is 23.7 Å². The molecule has 9 heteroatoms. The van der Waals surface area contributed by atoms with E-state index in [2.05, 4.69) is 96.9 Å². The summed E-state index contributed by atoms with van der Waals surface area (Å²) in [6, 6.07) is 0. The minimum Gasteiger partial charge on any atom is -0.465 e. The van der Waals surface area contributed by atoms with E-state index in [1.54, 1.807) is 0 Å². The molecule has 0 N–H and O–H groups in total. The summed E-state index contributed by atoms with van der Waals surface area (Å²) in [5.41, 5.74) is 2.68. The Morgan fingerprint density at radius 2 is 1.08 bits per heavy atom. The van der Waals surface area contributed by atoms with Gasteiger partial charge >= 0.3 is 17.9 Å². The molecule has 0 aromatic carbocycles. The fraction of sp³-hybridized carbons (Fsp3) is 0.796. The summed E-state index contributed by atoms with van der Waals surface area (Å²) in [4.78, 5) is 41.0. The van der Waals surface area contributed by atoms with Crippen molar-refractivity contribution in [2.75, 3.05) is 53.2 Å². The molecule has 0 saturated carbocycles. The summed E-state index contributed by atoms with van der Waals surface area (Å²) in [5.74, 6) is -0.0155. The first-order valence-electron chi connectivity index (χ1n) is 25.3. The minimum absolute atomic E-state index is 0.00389. The van der Waals surface area contributed by atoms with Gasteiger partial charge in [0.15, 0.2) is 6.29 Å². The Morgan fingerprint density at radius 1 is 0.587 bits per heavy atom. The number of piperidine rings is 1. The van der Waals surface area contributed by atoms with Crippen molar-refractivity contribution < 1.29 is 38.1 Å². The third-order valence-corrected chi connectivity index (χ3v) is 11.9. The molecule has 0 bridgehead atoms. The molecule has 63 heavy (non-hydrogen) atoms. The van der Waals surface area contributed by atoms with Crippen molar-refractivity contribution >= 4 is 17.9 Å². The predicted molar refractivity (Wildman–Crippen MR) is 260 cm³/mol. The molecule has 1 rings (SSSR count). The molecule has 0 aromatic heterocycles. The number of allylic oxidation sites excluding steroid dienone is 8. The predicted octanol–water partition coefficient (Wildman–Crippen LogP) is 13.5. The quantitative estimate of drug-likeness (QED) is 0.0196. The number of unbranched alkanes of at least 4 members (excludes halogenated alkanes) is 8. The molecule has 0 amide bonds. The van der Waals surface area contributed by atoms with Crippen LogP contribution in [0.1, 0.15) is 196 Å². The van der Waals surface area contributed by atoms with E-state index < -0.39 is 12.2 Å². The number of carbonyl (C=O) groups is 3. The van der Waals surface area contributed by atoms with Gasteiger partial charge in [-0.1, -0.05) is 100 Å². The van der Waals surface area contributed by atoms with Gasteiger partial charge in [0.2, 0.25) is 0 Å². The van der Waals surface area contributed by atoms with E-state index >= 15 is 0 Å². The monoisotopic (exact) mass is 886 g/mol. The van der Waals surface area contributed by atoms with E-state index in [-0.39, 0.29) is 44.1 Å². The third kappa shape index (κ3) is 37.2. The second kappa shape index (κ2) is 39.6. The molecule has 0 radical (unpaired) electrons. The van der Waals surface area contributed by atoms with Gasteiger partial charge in [-0.15, -0.1) is 0 Å². The highest BCUT2D eigenvalue weighted by atomic mass is 16.7. The van der Waals surface area contributed by atoms with E-state index in [0.29, 0.717) is 50.2 Å². The van der Waals surface area contributed by atoms with Crippen LogP contribution in [0.4, 0.5) is 0 Å². The van der Waals surface area contributed by atoms with Gasteiger partial charge in [-0.05, 0) is 155 Å². The zero-order valence-electron chi connectivity index (χ0n) is 41.8. The van der Waals surface area contributed by atoms with Gasteiger partial charge in [-0.3, -0.25) is 14.4 Å². The van der Waals surface area contributed by atoms with Crippen LogP contribution in [0.5, 0.6) is 0 Å². The standard InChI is InChI=1S/C54H95NO8/c1-9-10-11-12-13-14-15-16-17-18-19-20-21-22-23-30-51(56)61-42-50(44-63-53(58)41-49-33-37-55(8)38-34-49)43-62-52(57)31-32-54(59-39-35-47(6)28-24-26-45(2)3)60-40-36-48(7)29-25-27-46(4)5/h13-14,16-17,26-27,47-50,54H,9-12,15,18-25,28-44H2,1-8H3/b14-13-,17-16-. The van der Waals surface area contributed by atoms with Crippen LogP contribution in [0.25, 0.3) is 0 Å². The molecule has 3 atom stereocenters. The normalized spacial score (nSPS) is 15.6. The van der Waals surface area contributed by atoms with Crippen molar-refractivity contribution in [2.45, 2.75) is 202 Å². The van der Waals surface area contributed by atoms with Crippen LogP contribution in [0.3, 0.4) is 0 Å². The Balaban J connectivity index is 2.63. The smallest absolute Gasteiger partial charge is 0.306 e. The molecular formula is C54H95NO8. The summed E-state index contributed by atoms with van der Waals surface area (Å²) in [7, 11) is 2.10. The molecule has 1 heterocycles. The number of hydrogen-bond acceptors (Lipinski definition) is 9. The molecule has 3 unspecified atom stereocenters. The number of likely N-dealkylation sites (tertiary alicyclic amines) is 1. The van der Waals surface area contributed by atoms with E-state index in [1.165, 1.54) is 36.8 Å². The maximum atomic E-state index is 13.1. The van der Waals surface area contributed by atoms with Crippen LogP contribution in [0.2, 0.25) is 0 Å². The molecule has 1 aliphatic heterocycles. The lowest BCUT2D eigenvalue weighted by Gasteiger charge is -2.28. The second-order valence-corrected chi connectivity index (χ2v) is 19.1. The lowest BCUT2D eigenvalue weighted by Crippen LogP contribution is -2.32. The van der Waals surface area contributed by atoms with E-state index in [1.807, 2.05) is 0 Å². The molecule has 0 spiro atoms. The number of esters is 3. The summed E-state index contributed by atoms with van der Waals surface area (Å²) in [6.07, 6.45) is 34.8. The number of carbonyl (C=O) groups excluding carboxylic acids is 3. The molecule has 1 saturated heterocycles. The van der Waals surface area contributed by atoms with Gasteiger partial charge in [0, 0.05) is 32.5 Å². The maximum Gasteiger partial charge on any atom is 0.306 e. The first-order chi connectivity index (χ1) is 30.4. The average Bonchev–Trinajstić information content (AvgIpc) is 3.24. The lowest BCUT2D eigenvalue weighted by atomic mass is 9.94. The van der Waals surface area contributed by atoms with Gasteiger partial charge in [0.25, 0.3) is 0 Å². The van der Waals surface area contributed by atoms with Crippen molar-refractivity contribution in [3.63, 3.8) is 0 Å². The summed E-state index contributed by atoms with van der Waals surface area (Å²) in [5, 5.41) is 0. The molecule has 9 nitrogen and oxygen atoms in total. The largest absolute Gasteiger partial charge is 0.465 e. The minimum atomic E-state index is -0.501. The fourth-order valence-electron chi connectivity index (χ4n) is 7.42. The first-order valence-corrected chi connectivity index (χ1v) is 25.3. The molecule has 364 valence electrons. The first kappa shape index (κ1) is 58.3. The summed E-state index contributed by atoms with van der Waals surface area (Å²) < 4.78 is 29.5. The van der Waals surface area contributed by atoms with Crippen LogP contribution in [-0.4, -0.2) is 82.3 Å². The van der Waals surface area contributed by atoms with Crippen LogP contribution in [-0.2, 0) is 38.1 Å². The molecule has 1 aliphatic rings. The molecule has 0 aliphatic carbocycles. The zero-order chi connectivity index (χ0) is 46.3. The van der Waals surface area contributed by atoms with Crippen molar-refractivity contribution in [1.29, 1.82) is 0 Å². The zero-order valence-corrected chi connectivity index (χ0v) is 41.8. The van der Waals surface area contributed by atoms with Gasteiger partial charge in [-0.2, -0.15) is 0 Å². The van der Waals surface area contributed by atoms with Crippen molar-refractivity contribution in [3.8, 4) is 0 Å². The molecular weight excluding hydrogens is 791 g/mol. The molecule has 0 aromatic rings. The third-order valence-electron chi connectivity index (χ3n) is 11.9. The van der Waals surface area contributed by atoms with Crippen LogP contribution in [0, 0.1) is 23.7 Å². The summed E-state index contributed by atoms with van der Waals surface area (Å²) >= 11 is 0. The fourth-order valence-corrected chi connectivity index (χ4v) is 7.42. The van der Waals surface area contributed by atoms with Gasteiger partial charge in [-0.25, -0.2) is 0 Å². The van der Waals surface area contributed by atoms with Crippen molar-refractivity contribution in [3.05, 3.63) is 47.6 Å². The summed E-state index contributed by atoms with van der Waals surface area (Å²) in [6.45, 7) is 18.4. The highest BCUT2D eigenvalue weighted by Crippen LogP contribution is 2.21. The Bertz CT molecular complexity index is 1240. The van der Waals surface area contributed by atoms with E-state index in [9.17, 15) is 14.4 Å². The van der Waals surface area contributed by atoms with Gasteiger partial charge in [0.05, 0.1) is 12.3 Å². The number of nitrogens with zero attached hydrogens (tertiary/aromatic N) is 1. The lowest BCUT2D eigenvalue weighted by molar-refractivity contribution is -0.163. The number of hydrogen-bond donors (Lipinski definition) is 0. The van der Waals surface area contributed by atoms with Crippen molar-refractivity contribution in [2.24, 2.45) is 23.7 Å². The SMILES string of the molecule is CCCCC/C=C\C/C=C\CCCCCCCC(=O)OCC(COC(=O)CCC(OCCC(C)CCC=C(C)C)OCCC(C)CCC=C(C)C)COC(=O)CC1CCN(C)CC1. The highest BCUT2D eigenvalue weighted by Gasteiger charge is 2.23. The number of rotatable bonds is 39. The Kier molecular flexibility index (Phi) is 36.6. The second-order valence-electron chi connectivity index (χ2n) is 19.1. The Labute approximate surface area is 386 Å². The van der Waals surface area contributed by atoms with Crippen LogP contribution in [0.15, 0.2) is 47.6 Å². The Hall–Kier alpha value is -2.75. The van der Waals surface area contributed by atoms with Gasteiger partial charge < -0.3 is 28.6 Å².